The zero-order valence-corrected chi connectivity index (χ0v) is 18.5. The molecule has 4 aliphatic rings. The van der Waals surface area contributed by atoms with E-state index < -0.39 is 16.6 Å². The second kappa shape index (κ2) is 6.57. The third-order valence-electron chi connectivity index (χ3n) is 10.1. The maximum Gasteiger partial charge on any atom is 0.118 e. The van der Waals surface area contributed by atoms with Crippen LogP contribution in [-0.4, -0.2) is 34.1 Å². The molecule has 0 amide bonds. The number of fused-ring (bicyclic) bond motifs is 5. The lowest BCUT2D eigenvalue weighted by Crippen LogP contribution is -2.64. The van der Waals surface area contributed by atoms with Crippen LogP contribution < -0.4 is 4.74 Å². The minimum atomic E-state index is -1.03. The number of allylic oxidation sites excluding steroid dienone is 1. The Hall–Kier alpha value is -1.36. The summed E-state index contributed by atoms with van der Waals surface area (Å²) in [7, 11) is 1.65. The van der Waals surface area contributed by atoms with Gasteiger partial charge in [0.2, 0.25) is 0 Å². The molecular formula is C26H36O4. The third kappa shape index (κ3) is 2.44. The Kier molecular flexibility index (Phi) is 4.50. The first kappa shape index (κ1) is 20.5. The lowest BCUT2D eigenvalue weighted by molar-refractivity contribution is -0.229. The highest BCUT2D eigenvalue weighted by Crippen LogP contribution is 2.71. The van der Waals surface area contributed by atoms with Crippen LogP contribution in [0.4, 0.5) is 0 Å². The highest BCUT2D eigenvalue weighted by molar-refractivity contribution is 5.36. The van der Waals surface area contributed by atoms with Crippen LogP contribution >= 0.6 is 0 Å². The summed E-state index contributed by atoms with van der Waals surface area (Å²) in [4.78, 5) is 0. The van der Waals surface area contributed by atoms with Gasteiger partial charge in [0, 0.05) is 5.41 Å². The molecule has 30 heavy (non-hydrogen) atoms. The number of aliphatic hydroxyl groups is 3. The van der Waals surface area contributed by atoms with Gasteiger partial charge in [0.05, 0.1) is 24.4 Å². The third-order valence-corrected chi connectivity index (χ3v) is 10.1. The van der Waals surface area contributed by atoms with E-state index in [2.05, 4.69) is 19.9 Å². The van der Waals surface area contributed by atoms with E-state index in [0.717, 1.165) is 43.4 Å². The van der Waals surface area contributed by atoms with Gasteiger partial charge in [0.25, 0.3) is 0 Å². The predicted molar refractivity (Wildman–Crippen MR) is 116 cm³/mol. The van der Waals surface area contributed by atoms with Crippen LogP contribution in [0.3, 0.4) is 0 Å². The number of rotatable bonds is 2. The first-order chi connectivity index (χ1) is 14.2. The molecule has 3 saturated carbocycles. The van der Waals surface area contributed by atoms with Crippen molar-refractivity contribution >= 4 is 0 Å². The summed E-state index contributed by atoms with van der Waals surface area (Å²) in [6, 6.07) is 7.74. The summed E-state index contributed by atoms with van der Waals surface area (Å²) in [5, 5.41) is 34.4. The Bertz CT molecular complexity index is 849. The van der Waals surface area contributed by atoms with Gasteiger partial charge in [-0.2, -0.15) is 0 Å². The minimum absolute atomic E-state index is 0.0278. The van der Waals surface area contributed by atoms with Crippen LogP contribution in [0.1, 0.15) is 64.4 Å². The SMILES string of the molecule is COc1ccc(C2(O)CC[C@@]3(O)[C@@H]4CCC5CC(O)C=C[C@]5(C)[C@@H]4CC[C@]23C)cc1. The molecular weight excluding hydrogens is 376 g/mol. The zero-order chi connectivity index (χ0) is 21.4. The van der Waals surface area contributed by atoms with Crippen LogP contribution in [0.2, 0.25) is 0 Å². The summed E-state index contributed by atoms with van der Waals surface area (Å²) >= 11 is 0. The Morgan fingerprint density at radius 3 is 2.37 bits per heavy atom. The average Bonchev–Trinajstić information content (AvgIpc) is 2.96. The van der Waals surface area contributed by atoms with E-state index in [1.165, 1.54) is 0 Å². The Morgan fingerprint density at radius 2 is 1.67 bits per heavy atom. The zero-order valence-electron chi connectivity index (χ0n) is 18.5. The van der Waals surface area contributed by atoms with E-state index in [9.17, 15) is 15.3 Å². The van der Waals surface area contributed by atoms with Gasteiger partial charge < -0.3 is 20.1 Å². The van der Waals surface area contributed by atoms with Gasteiger partial charge in [-0.05, 0) is 85.8 Å². The molecule has 0 spiro atoms. The Morgan fingerprint density at radius 1 is 0.933 bits per heavy atom. The summed E-state index contributed by atoms with van der Waals surface area (Å²) in [6.45, 7) is 4.46. The second-order valence-electron chi connectivity index (χ2n) is 10.9. The maximum absolute atomic E-state index is 12.3. The Labute approximate surface area is 180 Å². The van der Waals surface area contributed by atoms with E-state index >= 15 is 0 Å². The molecule has 0 aromatic heterocycles. The molecule has 0 radical (unpaired) electrons. The normalized spacial score (nSPS) is 49.8. The van der Waals surface area contributed by atoms with E-state index in [1.807, 2.05) is 30.3 Å². The first-order valence-electron chi connectivity index (χ1n) is 11.6. The fourth-order valence-corrected chi connectivity index (χ4v) is 8.11. The van der Waals surface area contributed by atoms with Crippen molar-refractivity contribution in [2.24, 2.45) is 28.6 Å². The highest BCUT2D eigenvalue weighted by atomic mass is 16.5. The summed E-state index contributed by atoms with van der Waals surface area (Å²) in [6.07, 6.45) is 9.80. The van der Waals surface area contributed by atoms with E-state index in [0.29, 0.717) is 24.7 Å². The van der Waals surface area contributed by atoms with Gasteiger partial charge in [0.15, 0.2) is 0 Å². The standard InChI is InChI=1S/C26H36O4/c1-23-12-10-19(27)16-18(23)6-9-22-21(23)11-13-24(2)25(28,14-15-26(22,24)29)17-4-7-20(30-3)8-5-17/h4-5,7-8,10,12,18-19,21-22,27-29H,6,9,11,13-16H2,1-3H3/t18?,19?,21-,22-,23+,24-,25?,26-/m1/s1. The van der Waals surface area contributed by atoms with Gasteiger partial charge in [-0.1, -0.05) is 38.1 Å². The fraction of sp³-hybridized carbons (Fsp3) is 0.692. The van der Waals surface area contributed by atoms with Gasteiger partial charge in [-0.25, -0.2) is 0 Å². The number of methoxy groups -OCH3 is 1. The van der Waals surface area contributed by atoms with Crippen molar-refractivity contribution in [3.05, 3.63) is 42.0 Å². The van der Waals surface area contributed by atoms with Crippen LogP contribution in [-0.2, 0) is 5.60 Å². The smallest absolute Gasteiger partial charge is 0.118 e. The predicted octanol–water partition coefficient (Wildman–Crippen LogP) is 4.18. The Balaban J connectivity index is 1.52. The van der Waals surface area contributed by atoms with Crippen molar-refractivity contribution in [1.82, 2.24) is 0 Å². The van der Waals surface area contributed by atoms with Gasteiger partial charge in [-0.3, -0.25) is 0 Å². The van der Waals surface area contributed by atoms with Crippen molar-refractivity contribution < 1.29 is 20.1 Å². The molecule has 3 unspecified atom stereocenters. The molecule has 3 fully saturated rings. The number of benzene rings is 1. The van der Waals surface area contributed by atoms with Gasteiger partial charge in [0.1, 0.15) is 5.75 Å². The number of hydrogen-bond donors (Lipinski definition) is 3. The molecule has 5 rings (SSSR count). The lowest BCUT2D eigenvalue weighted by Gasteiger charge is -2.63. The summed E-state index contributed by atoms with van der Waals surface area (Å²) in [5.74, 6) is 1.84. The van der Waals surface area contributed by atoms with Crippen molar-refractivity contribution in [3.63, 3.8) is 0 Å². The monoisotopic (exact) mass is 412 g/mol. The topological polar surface area (TPSA) is 69.9 Å². The molecule has 0 heterocycles. The molecule has 1 aromatic carbocycles. The molecule has 4 nitrogen and oxygen atoms in total. The lowest BCUT2D eigenvalue weighted by atomic mass is 9.43. The van der Waals surface area contributed by atoms with E-state index in [4.69, 9.17) is 4.74 Å². The van der Waals surface area contributed by atoms with Crippen molar-refractivity contribution in [1.29, 1.82) is 0 Å². The van der Waals surface area contributed by atoms with Crippen LogP contribution in [0.25, 0.3) is 0 Å². The summed E-state index contributed by atoms with van der Waals surface area (Å²) in [5.41, 5.74) is -1.56. The van der Waals surface area contributed by atoms with Crippen LogP contribution in [0, 0.1) is 28.6 Å². The maximum atomic E-state index is 12.3. The van der Waals surface area contributed by atoms with Crippen molar-refractivity contribution in [2.75, 3.05) is 7.11 Å². The van der Waals surface area contributed by atoms with Crippen molar-refractivity contribution in [2.45, 2.75) is 76.1 Å². The molecule has 0 aliphatic heterocycles. The van der Waals surface area contributed by atoms with E-state index in [1.54, 1.807) is 7.11 Å². The summed E-state index contributed by atoms with van der Waals surface area (Å²) < 4.78 is 5.30. The molecule has 3 N–H and O–H groups in total. The average molecular weight is 413 g/mol. The number of ether oxygens (including phenoxy) is 1. The van der Waals surface area contributed by atoms with Crippen molar-refractivity contribution in [3.8, 4) is 5.75 Å². The molecule has 1 aromatic rings. The van der Waals surface area contributed by atoms with Gasteiger partial charge in [-0.15, -0.1) is 0 Å². The van der Waals surface area contributed by atoms with Crippen LogP contribution in [0.5, 0.6) is 5.75 Å². The molecule has 164 valence electrons. The molecule has 4 heteroatoms. The fourth-order valence-electron chi connectivity index (χ4n) is 8.11. The first-order valence-corrected chi connectivity index (χ1v) is 11.6. The quantitative estimate of drug-likeness (QED) is 0.638. The van der Waals surface area contributed by atoms with Gasteiger partial charge >= 0.3 is 0 Å². The second-order valence-corrected chi connectivity index (χ2v) is 10.9. The number of aliphatic hydroxyl groups excluding tert-OH is 1. The van der Waals surface area contributed by atoms with E-state index in [-0.39, 0.29) is 17.4 Å². The molecule has 0 saturated heterocycles. The highest BCUT2D eigenvalue weighted by Gasteiger charge is 2.71. The minimum Gasteiger partial charge on any atom is -0.497 e. The molecule has 0 bridgehead atoms. The number of hydrogen-bond acceptors (Lipinski definition) is 4. The molecule has 8 atom stereocenters. The molecule has 4 aliphatic carbocycles. The van der Waals surface area contributed by atoms with Crippen LogP contribution in [0.15, 0.2) is 36.4 Å². The largest absolute Gasteiger partial charge is 0.497 e.